The van der Waals surface area contributed by atoms with E-state index in [9.17, 15) is 34.8 Å². The van der Waals surface area contributed by atoms with Crippen LogP contribution in [0.25, 0.3) is 0 Å². The molecule has 214 valence electrons. The number of amides is 1. The third-order valence-corrected chi connectivity index (χ3v) is 10.1. The van der Waals surface area contributed by atoms with E-state index < -0.39 is 37.7 Å². The fourth-order valence-corrected chi connectivity index (χ4v) is 7.09. The SMILES string of the molecule is O=C(Nc1ccc(S(=O)(=O)Nc2cccc(C(F)(F)F)c2)cc1)C1CCN(S(=O)(=O)Cc2ccc(Br)cc2)CC1. The van der Waals surface area contributed by atoms with E-state index in [0.29, 0.717) is 30.2 Å². The molecule has 4 rings (SSSR count). The number of piperidine rings is 1. The number of sulfonamides is 2. The van der Waals surface area contributed by atoms with Gasteiger partial charge in [-0.15, -0.1) is 0 Å². The molecule has 0 aliphatic carbocycles. The Bertz CT molecular complexity index is 1570. The summed E-state index contributed by atoms with van der Waals surface area (Å²) in [6.45, 7) is 0.407. The Kier molecular flexibility index (Phi) is 8.93. The molecule has 3 aromatic rings. The van der Waals surface area contributed by atoms with Crippen molar-refractivity contribution in [2.24, 2.45) is 5.92 Å². The molecule has 8 nitrogen and oxygen atoms in total. The molecule has 1 amide bonds. The number of nitrogens with zero attached hydrogens (tertiary/aromatic N) is 1. The van der Waals surface area contributed by atoms with E-state index in [1.807, 2.05) is 0 Å². The molecule has 0 bridgehead atoms. The van der Waals surface area contributed by atoms with Crippen LogP contribution >= 0.6 is 15.9 Å². The minimum Gasteiger partial charge on any atom is -0.326 e. The largest absolute Gasteiger partial charge is 0.416 e. The summed E-state index contributed by atoms with van der Waals surface area (Å²) < 4.78 is 94.1. The summed E-state index contributed by atoms with van der Waals surface area (Å²) >= 11 is 3.32. The summed E-state index contributed by atoms with van der Waals surface area (Å²) in [5, 5.41) is 2.71. The fourth-order valence-electron chi connectivity index (χ4n) is 4.21. The second kappa shape index (κ2) is 11.9. The number of carbonyl (C=O) groups is 1. The number of halogens is 4. The summed E-state index contributed by atoms with van der Waals surface area (Å²) in [6, 6.07) is 16.1. The van der Waals surface area contributed by atoms with Crippen LogP contribution in [-0.4, -0.2) is 40.1 Å². The minimum atomic E-state index is -4.62. The highest BCUT2D eigenvalue weighted by Crippen LogP contribution is 2.31. The van der Waals surface area contributed by atoms with Gasteiger partial charge in [-0.1, -0.05) is 34.1 Å². The average molecular weight is 661 g/mol. The van der Waals surface area contributed by atoms with Crippen molar-refractivity contribution in [3.05, 3.63) is 88.4 Å². The predicted octanol–water partition coefficient (Wildman–Crippen LogP) is 5.45. The van der Waals surface area contributed by atoms with E-state index in [2.05, 4.69) is 26.0 Å². The Morgan fingerprint density at radius 3 is 2.12 bits per heavy atom. The van der Waals surface area contributed by atoms with Crippen molar-refractivity contribution in [3.63, 3.8) is 0 Å². The Labute approximate surface area is 238 Å². The molecule has 0 radical (unpaired) electrons. The first-order chi connectivity index (χ1) is 18.7. The lowest BCUT2D eigenvalue weighted by molar-refractivity contribution is -0.137. The van der Waals surface area contributed by atoms with Crippen LogP contribution in [0.2, 0.25) is 0 Å². The molecule has 1 aliphatic rings. The number of benzene rings is 3. The highest BCUT2D eigenvalue weighted by Gasteiger charge is 2.32. The topological polar surface area (TPSA) is 113 Å². The maximum absolute atomic E-state index is 12.9. The molecule has 40 heavy (non-hydrogen) atoms. The van der Waals surface area contributed by atoms with E-state index in [0.717, 1.165) is 16.6 Å². The number of alkyl halides is 3. The first-order valence-corrected chi connectivity index (χ1v) is 15.9. The van der Waals surface area contributed by atoms with Crippen molar-refractivity contribution in [2.75, 3.05) is 23.1 Å². The van der Waals surface area contributed by atoms with E-state index in [-0.39, 0.29) is 35.3 Å². The Hall–Kier alpha value is -2.94. The normalized spacial score (nSPS) is 15.5. The Morgan fingerprint density at radius 1 is 0.900 bits per heavy atom. The molecule has 1 saturated heterocycles. The van der Waals surface area contributed by atoms with E-state index >= 15 is 0 Å². The van der Waals surface area contributed by atoms with Gasteiger partial charge >= 0.3 is 6.18 Å². The molecule has 1 fully saturated rings. The third kappa shape index (κ3) is 7.62. The quantitative estimate of drug-likeness (QED) is 0.334. The van der Waals surface area contributed by atoms with Crippen molar-refractivity contribution >= 4 is 53.3 Å². The molecular formula is C26H25BrF3N3O5S2. The van der Waals surface area contributed by atoms with Gasteiger partial charge in [0.1, 0.15) is 0 Å². The molecule has 1 heterocycles. The lowest BCUT2D eigenvalue weighted by Crippen LogP contribution is -2.41. The van der Waals surface area contributed by atoms with Crippen LogP contribution in [0.1, 0.15) is 24.0 Å². The average Bonchev–Trinajstić information content (AvgIpc) is 2.90. The smallest absolute Gasteiger partial charge is 0.326 e. The molecule has 14 heteroatoms. The van der Waals surface area contributed by atoms with Gasteiger partial charge in [0.2, 0.25) is 15.9 Å². The van der Waals surface area contributed by atoms with Gasteiger partial charge in [0.25, 0.3) is 10.0 Å². The van der Waals surface area contributed by atoms with Crippen molar-refractivity contribution in [1.29, 1.82) is 0 Å². The van der Waals surface area contributed by atoms with Crippen molar-refractivity contribution in [2.45, 2.75) is 29.7 Å². The van der Waals surface area contributed by atoms with Crippen LogP contribution in [0.5, 0.6) is 0 Å². The van der Waals surface area contributed by atoms with Gasteiger partial charge < -0.3 is 5.32 Å². The molecule has 0 unspecified atom stereocenters. The number of hydrogen-bond donors (Lipinski definition) is 2. The number of hydrogen-bond acceptors (Lipinski definition) is 5. The molecule has 1 aliphatic heterocycles. The molecule has 3 aromatic carbocycles. The summed E-state index contributed by atoms with van der Waals surface area (Å²) in [7, 11) is -7.72. The summed E-state index contributed by atoms with van der Waals surface area (Å²) in [6.07, 6.45) is -3.95. The highest BCUT2D eigenvalue weighted by atomic mass is 79.9. The van der Waals surface area contributed by atoms with Crippen LogP contribution in [0.3, 0.4) is 0 Å². The maximum Gasteiger partial charge on any atom is 0.416 e. The second-order valence-corrected chi connectivity index (χ2v) is 13.8. The minimum absolute atomic E-state index is 0.130. The monoisotopic (exact) mass is 659 g/mol. The molecule has 0 atom stereocenters. The first kappa shape index (κ1) is 30.0. The van der Waals surface area contributed by atoms with Crippen molar-refractivity contribution in [1.82, 2.24) is 4.31 Å². The van der Waals surface area contributed by atoms with Crippen molar-refractivity contribution < 1.29 is 34.8 Å². The van der Waals surface area contributed by atoms with E-state index in [4.69, 9.17) is 0 Å². The highest BCUT2D eigenvalue weighted by molar-refractivity contribution is 9.10. The van der Waals surface area contributed by atoms with Gasteiger partial charge in [0, 0.05) is 34.9 Å². The maximum atomic E-state index is 12.9. The zero-order valence-corrected chi connectivity index (χ0v) is 24.1. The summed E-state index contributed by atoms with van der Waals surface area (Å²) in [5.41, 5.74) is -0.233. The zero-order valence-electron chi connectivity index (χ0n) is 20.9. The number of carbonyl (C=O) groups excluding carboxylic acids is 1. The van der Waals surface area contributed by atoms with Gasteiger partial charge in [-0.25, -0.2) is 21.1 Å². The predicted molar refractivity (Wildman–Crippen MR) is 148 cm³/mol. The first-order valence-electron chi connectivity index (χ1n) is 12.1. The summed E-state index contributed by atoms with van der Waals surface area (Å²) in [4.78, 5) is 12.6. The van der Waals surface area contributed by atoms with Gasteiger partial charge in [0.05, 0.1) is 16.2 Å². The lowest BCUT2D eigenvalue weighted by Gasteiger charge is -2.30. The van der Waals surface area contributed by atoms with Gasteiger partial charge in [-0.3, -0.25) is 9.52 Å². The standard InChI is InChI=1S/C26H25BrF3N3O5S2/c27-21-6-4-18(5-7-21)17-39(35,36)33-14-12-19(13-15-33)25(34)31-22-8-10-24(11-9-22)40(37,38)32-23-3-1-2-20(16-23)26(28,29)30/h1-11,16,19,32H,12-15,17H2,(H,31,34). The Morgan fingerprint density at radius 2 is 1.52 bits per heavy atom. The van der Waals surface area contributed by atoms with Gasteiger partial charge in [0.15, 0.2) is 0 Å². The third-order valence-electron chi connectivity index (χ3n) is 6.35. The van der Waals surface area contributed by atoms with Gasteiger partial charge in [-0.05, 0) is 73.0 Å². The molecule has 2 N–H and O–H groups in total. The Balaban J connectivity index is 1.32. The fraction of sp³-hybridized carbons (Fsp3) is 0.269. The van der Waals surface area contributed by atoms with Crippen molar-refractivity contribution in [3.8, 4) is 0 Å². The number of rotatable bonds is 8. The van der Waals surface area contributed by atoms with E-state index in [1.165, 1.54) is 34.6 Å². The molecular weight excluding hydrogens is 635 g/mol. The van der Waals surface area contributed by atoms with Gasteiger partial charge in [-0.2, -0.15) is 13.2 Å². The summed E-state index contributed by atoms with van der Waals surface area (Å²) in [5.74, 6) is -0.873. The van der Waals surface area contributed by atoms with Crippen LogP contribution in [0, 0.1) is 5.92 Å². The van der Waals surface area contributed by atoms with Crippen LogP contribution in [0.4, 0.5) is 24.5 Å². The van der Waals surface area contributed by atoms with Crippen LogP contribution in [0.15, 0.2) is 82.2 Å². The van der Waals surface area contributed by atoms with E-state index in [1.54, 1.807) is 24.3 Å². The molecule has 0 spiro atoms. The number of anilines is 2. The molecule has 0 saturated carbocycles. The molecule has 0 aromatic heterocycles. The van der Waals surface area contributed by atoms with Crippen LogP contribution in [-0.2, 0) is 36.8 Å². The van der Waals surface area contributed by atoms with Crippen LogP contribution < -0.4 is 10.0 Å². The number of nitrogens with one attached hydrogen (secondary N) is 2. The zero-order chi connectivity index (χ0) is 29.1. The lowest BCUT2D eigenvalue weighted by atomic mass is 9.97. The second-order valence-electron chi connectivity index (χ2n) is 9.25.